The molecule has 2 aromatic carbocycles. The molecule has 176 valence electrons. The van der Waals surface area contributed by atoms with Crippen LogP contribution >= 0.6 is 0 Å². The molecular formula is C27H32BN3O3. The van der Waals surface area contributed by atoms with Gasteiger partial charge in [0.05, 0.1) is 16.9 Å². The first kappa shape index (κ1) is 24.0. The lowest BCUT2D eigenvalue weighted by molar-refractivity contribution is 0.00578. The van der Waals surface area contributed by atoms with Crippen LogP contribution < -0.4 is 16.5 Å². The molecule has 0 radical (unpaired) electrons. The predicted molar refractivity (Wildman–Crippen MR) is 138 cm³/mol. The summed E-state index contributed by atoms with van der Waals surface area (Å²) in [6.07, 6.45) is 3.76. The number of hydrogen-bond donors (Lipinski definition) is 2. The van der Waals surface area contributed by atoms with Crippen LogP contribution in [-0.2, 0) is 15.7 Å². The van der Waals surface area contributed by atoms with Gasteiger partial charge >= 0.3 is 7.12 Å². The fraction of sp³-hybridized carbons (Fsp3) is 0.333. The Morgan fingerprint density at radius 2 is 1.59 bits per heavy atom. The Kier molecular flexibility index (Phi) is 6.52. The number of nitrogens with zero attached hydrogens (tertiary/aromatic N) is 1. The van der Waals surface area contributed by atoms with Gasteiger partial charge in [-0.25, -0.2) is 4.98 Å². The van der Waals surface area contributed by atoms with E-state index in [9.17, 15) is 4.79 Å². The first-order valence-electron chi connectivity index (χ1n) is 11.7. The van der Waals surface area contributed by atoms with Crippen LogP contribution in [0.4, 0.5) is 11.5 Å². The zero-order valence-electron chi connectivity index (χ0n) is 20.5. The maximum Gasteiger partial charge on any atom is 0.494 e. The van der Waals surface area contributed by atoms with Gasteiger partial charge in [-0.05, 0) is 68.9 Å². The highest BCUT2D eigenvalue weighted by atomic mass is 16.7. The monoisotopic (exact) mass is 457 g/mol. The topological polar surface area (TPSA) is 86.5 Å². The second kappa shape index (κ2) is 9.24. The van der Waals surface area contributed by atoms with Crippen molar-refractivity contribution in [2.24, 2.45) is 0 Å². The van der Waals surface area contributed by atoms with Crippen molar-refractivity contribution in [1.82, 2.24) is 4.98 Å². The number of aromatic nitrogens is 1. The van der Waals surface area contributed by atoms with Gasteiger partial charge in [0.25, 0.3) is 5.91 Å². The summed E-state index contributed by atoms with van der Waals surface area (Å²) in [4.78, 5) is 17.0. The summed E-state index contributed by atoms with van der Waals surface area (Å²) < 4.78 is 12.3. The Morgan fingerprint density at radius 3 is 2.18 bits per heavy atom. The van der Waals surface area contributed by atoms with Gasteiger partial charge in [-0.2, -0.15) is 0 Å². The smallest absolute Gasteiger partial charge is 0.399 e. The summed E-state index contributed by atoms with van der Waals surface area (Å²) in [5, 5.41) is 2.90. The number of nitrogens with one attached hydrogen (secondary N) is 1. The number of amides is 1. The predicted octanol–water partition coefficient (Wildman–Crippen LogP) is 4.83. The molecule has 1 aromatic heterocycles. The number of nitrogen functional groups attached to an aromatic ring is 1. The molecule has 1 amide bonds. The average Bonchev–Trinajstić information content (AvgIpc) is 3.03. The molecule has 1 saturated heterocycles. The molecule has 7 heteroatoms. The molecule has 0 atom stereocenters. The third-order valence-corrected chi connectivity index (χ3v) is 6.69. The standard InChI is InChI=1S/C27H32BN3O3/c1-6-7-18-8-10-20(11-9-18)25(32)31-23-16-21(17-30-24(23)29)19-12-14-22(15-13-19)28-33-26(2,3)27(4,5)34-28/h8-17H,6-7H2,1-5H3,(H2,29,30)(H,31,32). The molecule has 3 N–H and O–H groups in total. The molecule has 0 saturated carbocycles. The molecule has 1 aliphatic heterocycles. The summed E-state index contributed by atoms with van der Waals surface area (Å²) in [6.45, 7) is 10.3. The maximum atomic E-state index is 12.8. The molecule has 0 aliphatic carbocycles. The molecule has 34 heavy (non-hydrogen) atoms. The number of nitrogens with two attached hydrogens (primary N) is 1. The first-order valence-corrected chi connectivity index (χ1v) is 11.7. The average molecular weight is 457 g/mol. The fourth-order valence-corrected chi connectivity index (χ4v) is 3.85. The van der Waals surface area contributed by atoms with Gasteiger partial charge in [-0.15, -0.1) is 0 Å². The molecule has 1 aliphatic rings. The Labute approximate surface area is 202 Å². The van der Waals surface area contributed by atoms with Crippen molar-refractivity contribution < 1.29 is 14.1 Å². The van der Waals surface area contributed by atoms with Crippen molar-refractivity contribution in [3.05, 3.63) is 71.9 Å². The van der Waals surface area contributed by atoms with Gasteiger partial charge in [0.15, 0.2) is 0 Å². The van der Waals surface area contributed by atoms with E-state index in [1.165, 1.54) is 5.56 Å². The van der Waals surface area contributed by atoms with E-state index in [4.69, 9.17) is 15.0 Å². The minimum atomic E-state index is -0.415. The zero-order valence-corrected chi connectivity index (χ0v) is 20.5. The molecule has 0 spiro atoms. The van der Waals surface area contributed by atoms with Crippen molar-refractivity contribution in [2.75, 3.05) is 11.1 Å². The number of aryl methyl sites for hydroxylation is 1. The minimum absolute atomic E-state index is 0.218. The highest BCUT2D eigenvalue weighted by Crippen LogP contribution is 2.36. The van der Waals surface area contributed by atoms with Crippen LogP contribution in [0.2, 0.25) is 0 Å². The summed E-state index contributed by atoms with van der Waals surface area (Å²) in [7, 11) is -0.415. The van der Waals surface area contributed by atoms with Crippen LogP contribution in [0.1, 0.15) is 57.0 Å². The van der Waals surface area contributed by atoms with E-state index in [2.05, 4.69) is 17.2 Å². The lowest BCUT2D eigenvalue weighted by Gasteiger charge is -2.32. The van der Waals surface area contributed by atoms with E-state index in [1.54, 1.807) is 6.20 Å². The van der Waals surface area contributed by atoms with Crippen LogP contribution in [0, 0.1) is 0 Å². The molecule has 0 unspecified atom stereocenters. The Balaban J connectivity index is 1.50. The number of hydrogen-bond acceptors (Lipinski definition) is 5. The number of anilines is 2. The number of benzene rings is 2. The van der Waals surface area contributed by atoms with Crippen LogP contribution in [0.3, 0.4) is 0 Å². The minimum Gasteiger partial charge on any atom is -0.399 e. The molecule has 1 fully saturated rings. The SMILES string of the molecule is CCCc1ccc(C(=O)Nc2cc(-c3ccc(B4OC(C)(C)C(C)(C)O4)cc3)cnc2N)cc1. The Bertz CT molecular complexity index is 1160. The zero-order chi connectivity index (χ0) is 24.5. The van der Waals surface area contributed by atoms with E-state index < -0.39 is 7.12 Å². The lowest BCUT2D eigenvalue weighted by Crippen LogP contribution is -2.41. The van der Waals surface area contributed by atoms with E-state index in [-0.39, 0.29) is 22.9 Å². The summed E-state index contributed by atoms with van der Waals surface area (Å²) in [5.74, 6) is 0.0540. The van der Waals surface area contributed by atoms with Crippen LogP contribution in [0.15, 0.2) is 60.8 Å². The lowest BCUT2D eigenvalue weighted by atomic mass is 9.78. The number of carbonyl (C=O) groups excluding carboxylic acids is 1. The number of pyridine rings is 1. The van der Waals surface area contributed by atoms with E-state index in [0.717, 1.165) is 29.4 Å². The van der Waals surface area contributed by atoms with E-state index >= 15 is 0 Å². The van der Waals surface area contributed by atoms with E-state index in [0.29, 0.717) is 11.3 Å². The number of rotatable bonds is 6. The van der Waals surface area contributed by atoms with Crippen molar-refractivity contribution in [2.45, 2.75) is 58.7 Å². The van der Waals surface area contributed by atoms with Crippen LogP contribution in [0.25, 0.3) is 11.1 Å². The molecule has 6 nitrogen and oxygen atoms in total. The van der Waals surface area contributed by atoms with Gasteiger partial charge < -0.3 is 20.4 Å². The maximum absolute atomic E-state index is 12.8. The van der Waals surface area contributed by atoms with Crippen molar-refractivity contribution >= 4 is 30.0 Å². The van der Waals surface area contributed by atoms with Gasteiger partial charge in [0.2, 0.25) is 0 Å². The fourth-order valence-electron chi connectivity index (χ4n) is 3.85. The van der Waals surface area contributed by atoms with Gasteiger partial charge in [-0.3, -0.25) is 4.79 Å². The molecule has 4 rings (SSSR count). The summed E-state index contributed by atoms with van der Waals surface area (Å²) in [6, 6.07) is 17.4. The van der Waals surface area contributed by atoms with Crippen molar-refractivity contribution in [1.29, 1.82) is 0 Å². The quantitative estimate of drug-likeness (QED) is 0.518. The van der Waals surface area contributed by atoms with Crippen molar-refractivity contribution in [3.63, 3.8) is 0 Å². The first-order chi connectivity index (χ1) is 16.1. The van der Waals surface area contributed by atoms with E-state index in [1.807, 2.05) is 82.3 Å². The second-order valence-electron chi connectivity index (χ2n) is 9.77. The van der Waals surface area contributed by atoms with Crippen molar-refractivity contribution in [3.8, 4) is 11.1 Å². The van der Waals surface area contributed by atoms with Gasteiger partial charge in [-0.1, -0.05) is 49.7 Å². The van der Waals surface area contributed by atoms with Gasteiger partial charge in [0.1, 0.15) is 5.82 Å². The van der Waals surface area contributed by atoms with Crippen LogP contribution in [0.5, 0.6) is 0 Å². The molecular weight excluding hydrogens is 425 g/mol. The largest absolute Gasteiger partial charge is 0.494 e. The normalized spacial score (nSPS) is 16.4. The highest BCUT2D eigenvalue weighted by Gasteiger charge is 2.51. The molecule has 2 heterocycles. The number of carbonyl (C=O) groups is 1. The Hall–Kier alpha value is -3.16. The highest BCUT2D eigenvalue weighted by molar-refractivity contribution is 6.62. The summed E-state index contributed by atoms with van der Waals surface area (Å²) >= 11 is 0. The third kappa shape index (κ3) is 4.86. The third-order valence-electron chi connectivity index (χ3n) is 6.69. The van der Waals surface area contributed by atoms with Crippen LogP contribution in [-0.4, -0.2) is 29.2 Å². The summed E-state index contributed by atoms with van der Waals surface area (Å²) in [5.41, 5.74) is 10.3. The van der Waals surface area contributed by atoms with Gasteiger partial charge in [0, 0.05) is 17.3 Å². The Morgan fingerprint density at radius 1 is 0.971 bits per heavy atom. The molecule has 0 bridgehead atoms. The second-order valence-corrected chi connectivity index (χ2v) is 9.77. The molecule has 3 aromatic rings.